The summed E-state index contributed by atoms with van der Waals surface area (Å²) >= 11 is 0. The molecule has 2 N–H and O–H groups in total. The van der Waals surface area contributed by atoms with Gasteiger partial charge in [0.1, 0.15) is 5.72 Å². The van der Waals surface area contributed by atoms with Crippen LogP contribution in [-0.4, -0.2) is 5.72 Å². The topological polar surface area (TPSA) is 35.2 Å². The molecule has 1 aromatic rings. The Kier molecular flexibility index (Phi) is 3.77. The minimum absolute atomic E-state index is 0.246. The molecule has 1 aromatic carbocycles. The molecule has 1 aliphatic carbocycles. The number of ether oxygens (including phenoxy) is 1. The zero-order chi connectivity index (χ0) is 12.1. The van der Waals surface area contributed by atoms with Gasteiger partial charge in [-0.1, -0.05) is 55.5 Å². The van der Waals surface area contributed by atoms with Gasteiger partial charge in [-0.25, -0.2) is 0 Å². The molecule has 0 aromatic heterocycles. The van der Waals surface area contributed by atoms with Crippen LogP contribution in [0.2, 0.25) is 0 Å². The molecule has 0 saturated heterocycles. The van der Waals surface area contributed by atoms with Crippen molar-refractivity contribution in [2.75, 3.05) is 0 Å². The fourth-order valence-corrected chi connectivity index (χ4v) is 2.07. The predicted octanol–water partition coefficient (Wildman–Crippen LogP) is 3.01. The van der Waals surface area contributed by atoms with E-state index >= 15 is 0 Å². The molecule has 2 nitrogen and oxygen atoms in total. The summed E-state index contributed by atoms with van der Waals surface area (Å²) in [5.41, 5.74) is 6.78. The molecule has 0 radical (unpaired) electrons. The first kappa shape index (κ1) is 12.1. The van der Waals surface area contributed by atoms with Crippen LogP contribution in [-0.2, 0) is 11.3 Å². The summed E-state index contributed by atoms with van der Waals surface area (Å²) in [6.07, 6.45) is 9.03. The molecular formula is C15H19NO. The molecule has 0 heterocycles. The van der Waals surface area contributed by atoms with Crippen molar-refractivity contribution in [2.45, 2.75) is 25.7 Å². The summed E-state index contributed by atoms with van der Waals surface area (Å²) in [4.78, 5) is 0. The van der Waals surface area contributed by atoms with Gasteiger partial charge in [-0.2, -0.15) is 0 Å². The first-order chi connectivity index (χ1) is 8.24. The number of nitrogens with two attached hydrogens (primary N) is 1. The maximum absolute atomic E-state index is 6.30. The minimum atomic E-state index is -0.667. The van der Waals surface area contributed by atoms with Gasteiger partial charge in [0, 0.05) is 5.92 Å². The van der Waals surface area contributed by atoms with Crippen LogP contribution in [0.1, 0.15) is 18.9 Å². The van der Waals surface area contributed by atoms with Crippen molar-refractivity contribution in [3.05, 3.63) is 60.2 Å². The van der Waals surface area contributed by atoms with E-state index in [0.717, 1.165) is 12.0 Å². The Morgan fingerprint density at radius 2 is 2.00 bits per heavy atom. The van der Waals surface area contributed by atoms with Gasteiger partial charge in [0.2, 0.25) is 0 Å². The molecular weight excluding hydrogens is 210 g/mol. The van der Waals surface area contributed by atoms with E-state index in [4.69, 9.17) is 10.5 Å². The molecule has 0 spiro atoms. The summed E-state index contributed by atoms with van der Waals surface area (Å²) in [5.74, 6) is 0.246. The Morgan fingerprint density at radius 1 is 1.24 bits per heavy atom. The molecule has 0 bridgehead atoms. The van der Waals surface area contributed by atoms with E-state index in [0.29, 0.717) is 6.61 Å². The lowest BCUT2D eigenvalue weighted by Crippen LogP contribution is -2.47. The molecule has 2 atom stereocenters. The van der Waals surface area contributed by atoms with E-state index in [1.807, 2.05) is 48.6 Å². The van der Waals surface area contributed by atoms with Gasteiger partial charge < -0.3 is 4.74 Å². The fraction of sp³-hybridized carbons (Fsp3) is 0.333. The average molecular weight is 229 g/mol. The molecule has 0 saturated carbocycles. The van der Waals surface area contributed by atoms with Gasteiger partial charge in [-0.3, -0.25) is 5.73 Å². The zero-order valence-corrected chi connectivity index (χ0v) is 10.2. The van der Waals surface area contributed by atoms with Crippen LogP contribution in [0.4, 0.5) is 0 Å². The van der Waals surface area contributed by atoms with Crippen molar-refractivity contribution < 1.29 is 4.74 Å². The molecule has 0 fully saturated rings. The lowest BCUT2D eigenvalue weighted by molar-refractivity contribution is -0.0464. The van der Waals surface area contributed by atoms with Crippen molar-refractivity contribution in [2.24, 2.45) is 11.7 Å². The molecule has 90 valence electrons. The van der Waals surface area contributed by atoms with E-state index in [1.165, 1.54) is 0 Å². The number of hydrogen-bond donors (Lipinski definition) is 1. The molecule has 0 amide bonds. The number of hydrogen-bond acceptors (Lipinski definition) is 2. The highest BCUT2D eigenvalue weighted by atomic mass is 16.5. The Labute approximate surface area is 103 Å². The van der Waals surface area contributed by atoms with E-state index < -0.39 is 5.72 Å². The number of rotatable bonds is 4. The Hall–Kier alpha value is -1.38. The Bertz CT molecular complexity index is 410. The quantitative estimate of drug-likeness (QED) is 0.805. The van der Waals surface area contributed by atoms with Crippen LogP contribution in [0.15, 0.2) is 54.6 Å². The van der Waals surface area contributed by atoms with Gasteiger partial charge in [0.15, 0.2) is 0 Å². The lowest BCUT2D eigenvalue weighted by atomic mass is 9.89. The average Bonchev–Trinajstić information content (AvgIpc) is 2.38. The predicted molar refractivity (Wildman–Crippen MR) is 70.2 cm³/mol. The smallest absolute Gasteiger partial charge is 0.142 e. The van der Waals surface area contributed by atoms with Crippen LogP contribution in [0.5, 0.6) is 0 Å². The van der Waals surface area contributed by atoms with Crippen molar-refractivity contribution in [1.82, 2.24) is 0 Å². The standard InChI is InChI=1S/C15H19NO/c1-2-14-10-6-7-11-15(14,16)17-12-13-8-4-3-5-9-13/h3-11,14H,2,12,16H2,1H3. The third kappa shape index (κ3) is 2.84. The second-order valence-corrected chi connectivity index (χ2v) is 4.39. The third-order valence-electron chi connectivity index (χ3n) is 3.16. The summed E-state index contributed by atoms with van der Waals surface area (Å²) in [6.45, 7) is 2.67. The van der Waals surface area contributed by atoms with E-state index in [-0.39, 0.29) is 5.92 Å². The zero-order valence-electron chi connectivity index (χ0n) is 10.2. The van der Waals surface area contributed by atoms with Crippen LogP contribution >= 0.6 is 0 Å². The lowest BCUT2D eigenvalue weighted by Gasteiger charge is -2.34. The summed E-state index contributed by atoms with van der Waals surface area (Å²) in [6, 6.07) is 10.1. The van der Waals surface area contributed by atoms with Gasteiger partial charge in [-0.05, 0) is 18.1 Å². The van der Waals surface area contributed by atoms with Crippen molar-refractivity contribution in [3.63, 3.8) is 0 Å². The molecule has 2 unspecified atom stereocenters. The van der Waals surface area contributed by atoms with Gasteiger partial charge in [0.05, 0.1) is 6.61 Å². The Morgan fingerprint density at radius 3 is 2.71 bits per heavy atom. The number of benzene rings is 1. The fourth-order valence-electron chi connectivity index (χ4n) is 2.07. The first-order valence-electron chi connectivity index (χ1n) is 6.07. The maximum Gasteiger partial charge on any atom is 0.142 e. The maximum atomic E-state index is 6.30. The largest absolute Gasteiger partial charge is 0.352 e. The van der Waals surface area contributed by atoms with Crippen molar-refractivity contribution >= 4 is 0 Å². The molecule has 2 rings (SSSR count). The highest BCUT2D eigenvalue weighted by Gasteiger charge is 2.31. The van der Waals surface area contributed by atoms with Gasteiger partial charge in [-0.15, -0.1) is 0 Å². The van der Waals surface area contributed by atoms with E-state index in [2.05, 4.69) is 13.0 Å². The van der Waals surface area contributed by atoms with E-state index in [1.54, 1.807) is 0 Å². The Balaban J connectivity index is 2.02. The highest BCUT2D eigenvalue weighted by molar-refractivity contribution is 5.21. The molecule has 0 aliphatic heterocycles. The summed E-state index contributed by atoms with van der Waals surface area (Å²) in [7, 11) is 0. The SMILES string of the molecule is CCC1C=CC=CC1(N)OCc1ccccc1. The molecule has 2 heteroatoms. The monoisotopic (exact) mass is 229 g/mol. The van der Waals surface area contributed by atoms with Crippen LogP contribution < -0.4 is 5.73 Å². The van der Waals surface area contributed by atoms with Crippen LogP contribution in [0, 0.1) is 5.92 Å². The van der Waals surface area contributed by atoms with Gasteiger partial charge in [0.25, 0.3) is 0 Å². The normalized spacial score (nSPS) is 27.3. The first-order valence-corrected chi connectivity index (χ1v) is 6.07. The minimum Gasteiger partial charge on any atom is -0.352 e. The second-order valence-electron chi connectivity index (χ2n) is 4.39. The molecule has 17 heavy (non-hydrogen) atoms. The van der Waals surface area contributed by atoms with Crippen molar-refractivity contribution in [3.8, 4) is 0 Å². The summed E-state index contributed by atoms with van der Waals surface area (Å²) in [5, 5.41) is 0. The highest BCUT2D eigenvalue weighted by Crippen LogP contribution is 2.27. The summed E-state index contributed by atoms with van der Waals surface area (Å²) < 4.78 is 5.90. The van der Waals surface area contributed by atoms with Gasteiger partial charge >= 0.3 is 0 Å². The second kappa shape index (κ2) is 5.30. The molecule has 1 aliphatic rings. The van der Waals surface area contributed by atoms with Crippen LogP contribution in [0.3, 0.4) is 0 Å². The van der Waals surface area contributed by atoms with Crippen LogP contribution in [0.25, 0.3) is 0 Å². The third-order valence-corrected chi connectivity index (χ3v) is 3.16. The number of allylic oxidation sites excluding steroid dienone is 2. The van der Waals surface area contributed by atoms with Crippen molar-refractivity contribution in [1.29, 1.82) is 0 Å². The van der Waals surface area contributed by atoms with E-state index in [9.17, 15) is 0 Å².